The van der Waals surface area contributed by atoms with Crippen LogP contribution in [-0.2, 0) is 0 Å². The molecule has 0 aromatic carbocycles. The number of carbonyl (C=O) groups excluding carboxylic acids is 1. The van der Waals surface area contributed by atoms with E-state index in [2.05, 4.69) is 5.32 Å². The minimum absolute atomic E-state index is 0.0131. The summed E-state index contributed by atoms with van der Waals surface area (Å²) in [5, 5.41) is 14.9. The molecule has 0 radical (unpaired) electrons. The molecule has 0 spiro atoms. The number of fused-ring (bicyclic) bond motifs is 5. The average molecular weight is 352 g/mol. The Morgan fingerprint density at radius 3 is 2.46 bits per heavy atom. The second kappa shape index (κ2) is 4.89. The molecule has 1 aromatic heterocycles. The number of aliphatic hydroxyl groups is 1. The number of nitrogens with zero attached hydrogens (tertiary/aromatic N) is 1. The van der Waals surface area contributed by atoms with Gasteiger partial charge in [-0.1, -0.05) is 0 Å². The van der Waals surface area contributed by atoms with Crippen LogP contribution in [-0.4, -0.2) is 27.0 Å². The monoisotopic (exact) mass is 352 g/mol. The van der Waals surface area contributed by atoms with Gasteiger partial charge in [0.1, 0.15) is 5.82 Å². The Bertz CT molecular complexity index is 803. The number of hydrogen-bond donors (Lipinski definition) is 2. The van der Waals surface area contributed by atoms with Crippen LogP contribution < -0.4 is 5.32 Å². The molecular weight excluding hydrogens is 324 g/mol. The minimum atomic E-state index is -0.460. The van der Waals surface area contributed by atoms with E-state index in [9.17, 15) is 9.90 Å². The largest absolute Gasteiger partial charge is 0.390 e. The number of carbonyl (C=O) groups is 1. The van der Waals surface area contributed by atoms with Gasteiger partial charge >= 0.3 is 0 Å². The first-order chi connectivity index (χ1) is 12.4. The van der Waals surface area contributed by atoms with Crippen molar-refractivity contribution in [3.8, 4) is 0 Å². The van der Waals surface area contributed by atoms with Gasteiger partial charge < -0.3 is 10.4 Å². The van der Waals surface area contributed by atoms with Crippen LogP contribution in [0.15, 0.2) is 6.20 Å². The summed E-state index contributed by atoms with van der Waals surface area (Å²) in [6.45, 7) is 1.67. The topological polar surface area (TPSA) is 62.2 Å². The number of rotatable bonds is 3. The highest BCUT2D eigenvalue weighted by atomic mass is 16.3. The van der Waals surface area contributed by atoms with Crippen molar-refractivity contribution in [1.29, 1.82) is 0 Å². The molecule has 7 rings (SSSR count). The van der Waals surface area contributed by atoms with Gasteiger partial charge in [0.25, 0.3) is 0 Å². The molecule has 1 heterocycles. The van der Waals surface area contributed by atoms with Gasteiger partial charge in [-0.15, -0.1) is 0 Å². The fraction of sp³-hybridized carbons (Fsp3) is 0.727. The number of ketones is 1. The summed E-state index contributed by atoms with van der Waals surface area (Å²) in [4.78, 5) is 16.9. The maximum absolute atomic E-state index is 12.2. The van der Waals surface area contributed by atoms with Gasteiger partial charge in [-0.25, -0.2) is 4.98 Å². The van der Waals surface area contributed by atoms with Crippen LogP contribution in [0.3, 0.4) is 0 Å². The maximum Gasteiger partial charge on any atom is 0.161 e. The number of hydrogen-bond acceptors (Lipinski definition) is 4. The predicted molar refractivity (Wildman–Crippen MR) is 99.6 cm³/mol. The van der Waals surface area contributed by atoms with Crippen molar-refractivity contribution in [1.82, 2.24) is 4.98 Å². The molecule has 6 aliphatic rings. The Morgan fingerprint density at radius 1 is 1.12 bits per heavy atom. The second-order valence-corrected chi connectivity index (χ2v) is 10.2. The first-order valence-corrected chi connectivity index (χ1v) is 10.5. The summed E-state index contributed by atoms with van der Waals surface area (Å²) >= 11 is 0. The standard InChI is InChI=1S/C22H28N2O2/c1-12(25)17-10-23-20(19-16-3-2-15(5-16)18(17)19)24-21-6-13-4-14(7-21)9-22(26,8-13)11-21/h10,13-16,26H,2-9,11H2,1H3,(H,23,24). The molecule has 1 aromatic rings. The van der Waals surface area contributed by atoms with Crippen LogP contribution in [0.2, 0.25) is 0 Å². The predicted octanol–water partition coefficient (Wildman–Crippen LogP) is 4.14. The van der Waals surface area contributed by atoms with Crippen molar-refractivity contribution in [3.05, 3.63) is 22.9 Å². The number of aromatic nitrogens is 1. The molecule has 6 bridgehead atoms. The molecular formula is C22H28N2O2. The smallest absolute Gasteiger partial charge is 0.161 e. The van der Waals surface area contributed by atoms with Gasteiger partial charge in [0.05, 0.1) is 5.60 Å². The van der Waals surface area contributed by atoms with Gasteiger partial charge in [-0.3, -0.25) is 4.79 Å². The van der Waals surface area contributed by atoms with Crippen molar-refractivity contribution < 1.29 is 9.90 Å². The molecule has 6 aliphatic carbocycles. The fourth-order valence-corrected chi connectivity index (χ4v) is 7.89. The number of nitrogens with one attached hydrogen (secondary N) is 1. The van der Waals surface area contributed by atoms with E-state index in [0.717, 1.165) is 30.6 Å². The van der Waals surface area contributed by atoms with E-state index in [1.165, 1.54) is 49.7 Å². The fourth-order valence-electron chi connectivity index (χ4n) is 7.89. The zero-order chi connectivity index (χ0) is 17.7. The first kappa shape index (κ1) is 15.6. The summed E-state index contributed by atoms with van der Waals surface area (Å²) in [5.74, 6) is 3.63. The molecule has 4 nitrogen and oxygen atoms in total. The Hall–Kier alpha value is -1.42. The lowest BCUT2D eigenvalue weighted by Gasteiger charge is -2.60. The highest BCUT2D eigenvalue weighted by Gasteiger charge is 2.57. The van der Waals surface area contributed by atoms with Crippen molar-refractivity contribution in [2.24, 2.45) is 11.8 Å². The van der Waals surface area contributed by atoms with Gasteiger partial charge in [-0.2, -0.15) is 0 Å². The van der Waals surface area contributed by atoms with Crippen LogP contribution in [0.4, 0.5) is 5.82 Å². The molecule has 0 amide bonds. The van der Waals surface area contributed by atoms with Crippen molar-refractivity contribution in [2.75, 3.05) is 5.32 Å². The highest BCUT2D eigenvalue weighted by molar-refractivity contribution is 5.96. The Kier molecular flexibility index (Phi) is 2.94. The van der Waals surface area contributed by atoms with Crippen LogP contribution in [0.25, 0.3) is 0 Å². The molecule has 2 N–H and O–H groups in total. The van der Waals surface area contributed by atoms with Gasteiger partial charge in [-0.05, 0) is 93.9 Å². The molecule has 5 saturated carbocycles. The summed E-state index contributed by atoms with van der Waals surface area (Å²) < 4.78 is 0. The van der Waals surface area contributed by atoms with E-state index < -0.39 is 5.60 Å². The lowest BCUT2D eigenvalue weighted by molar-refractivity contribution is -0.127. The molecule has 4 atom stereocenters. The van der Waals surface area contributed by atoms with E-state index in [1.807, 2.05) is 6.20 Å². The molecule has 26 heavy (non-hydrogen) atoms. The van der Waals surface area contributed by atoms with E-state index in [-0.39, 0.29) is 11.3 Å². The summed E-state index contributed by atoms with van der Waals surface area (Å²) in [6, 6.07) is 0. The lowest BCUT2D eigenvalue weighted by Crippen LogP contribution is -2.62. The summed E-state index contributed by atoms with van der Waals surface area (Å²) in [7, 11) is 0. The third-order valence-electron chi connectivity index (χ3n) is 8.20. The molecule has 138 valence electrons. The van der Waals surface area contributed by atoms with Crippen LogP contribution in [0, 0.1) is 11.8 Å². The second-order valence-electron chi connectivity index (χ2n) is 10.2. The minimum Gasteiger partial charge on any atom is -0.390 e. The Balaban J connectivity index is 1.42. The van der Waals surface area contributed by atoms with Crippen molar-refractivity contribution >= 4 is 11.6 Å². The third kappa shape index (κ3) is 2.05. The zero-order valence-electron chi connectivity index (χ0n) is 15.6. The highest BCUT2D eigenvalue weighted by Crippen LogP contribution is 2.60. The molecule has 0 aliphatic heterocycles. The van der Waals surface area contributed by atoms with E-state index in [0.29, 0.717) is 23.7 Å². The number of pyridine rings is 1. The SMILES string of the molecule is CC(=O)c1cnc(NC23CC4CC(CC(O)(C4)C2)C3)c2c1C1CCC2C1. The first-order valence-electron chi connectivity index (χ1n) is 10.5. The van der Waals surface area contributed by atoms with Crippen molar-refractivity contribution in [2.45, 2.75) is 87.7 Å². The summed E-state index contributed by atoms with van der Waals surface area (Å²) in [6.07, 6.45) is 12.0. The molecule has 4 heteroatoms. The molecule has 4 unspecified atom stereocenters. The third-order valence-corrected chi connectivity index (χ3v) is 8.20. The number of anilines is 1. The van der Waals surface area contributed by atoms with Crippen LogP contribution in [0.5, 0.6) is 0 Å². The quantitative estimate of drug-likeness (QED) is 0.803. The lowest BCUT2D eigenvalue weighted by atomic mass is 9.51. The van der Waals surface area contributed by atoms with Crippen LogP contribution >= 0.6 is 0 Å². The van der Waals surface area contributed by atoms with E-state index >= 15 is 0 Å². The number of Topliss-reactive ketones (excluding diaryl/α,β-unsaturated/α-hetero) is 1. The summed E-state index contributed by atoms with van der Waals surface area (Å²) in [5.41, 5.74) is 3.05. The maximum atomic E-state index is 12.2. The zero-order valence-corrected chi connectivity index (χ0v) is 15.6. The van der Waals surface area contributed by atoms with Crippen LogP contribution in [0.1, 0.15) is 98.0 Å². The molecule has 0 saturated heterocycles. The van der Waals surface area contributed by atoms with Gasteiger partial charge in [0, 0.05) is 22.9 Å². The van der Waals surface area contributed by atoms with Gasteiger partial charge in [0.2, 0.25) is 0 Å². The normalized spacial score (nSPS) is 44.4. The Labute approximate surface area is 154 Å². The van der Waals surface area contributed by atoms with Gasteiger partial charge in [0.15, 0.2) is 5.78 Å². The average Bonchev–Trinajstić information content (AvgIpc) is 3.14. The van der Waals surface area contributed by atoms with E-state index in [4.69, 9.17) is 4.98 Å². The van der Waals surface area contributed by atoms with Crippen molar-refractivity contribution in [3.63, 3.8) is 0 Å². The Morgan fingerprint density at radius 2 is 1.81 bits per heavy atom. The molecule has 5 fully saturated rings. The van der Waals surface area contributed by atoms with E-state index in [1.54, 1.807) is 6.92 Å².